The monoisotopic (exact) mass is 224 g/mol. The molecule has 0 bridgehead atoms. The quantitative estimate of drug-likeness (QED) is 0.580. The normalized spacial score (nSPS) is 11.9. The number of hydrogen-bond acceptors (Lipinski definition) is 2. The Kier molecular flexibility index (Phi) is 5.33. The molecule has 0 fully saturated rings. The van der Waals surface area contributed by atoms with E-state index in [1.165, 1.54) is 0 Å². The smallest absolute Gasteiger partial charge is 0.117 e. The Balaban J connectivity index is 2.57. The highest BCUT2D eigenvalue weighted by Gasteiger charge is 1.92. The van der Waals surface area contributed by atoms with Crippen molar-refractivity contribution in [2.24, 2.45) is 0 Å². The van der Waals surface area contributed by atoms with Gasteiger partial charge >= 0.3 is 0 Å². The lowest BCUT2D eigenvalue weighted by molar-refractivity contribution is 0.533. The zero-order valence-corrected chi connectivity index (χ0v) is 10.2. The number of hydrogen-bond donors (Lipinski definition) is 0. The van der Waals surface area contributed by atoms with Crippen LogP contribution >= 0.6 is 0 Å². The maximum Gasteiger partial charge on any atom is 0.117 e. The second-order valence-corrected chi connectivity index (χ2v) is 3.71. The molecule has 1 aromatic carbocycles. The van der Waals surface area contributed by atoms with Gasteiger partial charge in [-0.2, -0.15) is 5.26 Å². The fourth-order valence-electron chi connectivity index (χ4n) is 1.23. The maximum atomic E-state index is 8.82. The molecule has 17 heavy (non-hydrogen) atoms. The molecule has 0 aliphatic rings. The lowest BCUT2D eigenvalue weighted by Gasteiger charge is -2.07. The van der Waals surface area contributed by atoms with Crippen LogP contribution in [0.4, 0.5) is 0 Å². The fraction of sp³-hybridized carbons (Fsp3) is 0.133. The van der Waals surface area contributed by atoms with Gasteiger partial charge in [-0.3, -0.25) is 0 Å². The van der Waals surface area contributed by atoms with E-state index >= 15 is 0 Å². The van der Waals surface area contributed by atoms with Gasteiger partial charge in [-0.15, -0.1) is 0 Å². The van der Waals surface area contributed by atoms with Crippen molar-refractivity contribution in [2.75, 3.05) is 14.1 Å². The van der Waals surface area contributed by atoms with Crippen LogP contribution in [0.15, 0.2) is 60.3 Å². The van der Waals surface area contributed by atoms with Crippen molar-refractivity contribution < 1.29 is 0 Å². The first-order valence-corrected chi connectivity index (χ1v) is 5.41. The predicted octanol–water partition coefficient (Wildman–Crippen LogP) is 3.23. The summed E-state index contributed by atoms with van der Waals surface area (Å²) in [5.41, 5.74) is 1.80. The molecule has 0 atom stereocenters. The Morgan fingerprint density at radius 3 is 2.41 bits per heavy atom. The van der Waals surface area contributed by atoms with Crippen LogP contribution in [0, 0.1) is 11.3 Å². The molecule has 0 aliphatic heterocycles. The van der Waals surface area contributed by atoms with E-state index in [1.807, 2.05) is 68.7 Å². The fourth-order valence-corrected chi connectivity index (χ4v) is 1.23. The summed E-state index contributed by atoms with van der Waals surface area (Å²) < 4.78 is 0. The average molecular weight is 224 g/mol. The summed E-state index contributed by atoms with van der Waals surface area (Å²) in [6.45, 7) is 0. The molecule has 0 saturated heterocycles. The van der Waals surface area contributed by atoms with Crippen LogP contribution in [0.1, 0.15) is 5.56 Å². The van der Waals surface area contributed by atoms with Gasteiger partial charge in [0.25, 0.3) is 0 Å². The van der Waals surface area contributed by atoms with Gasteiger partial charge in [-0.1, -0.05) is 54.6 Å². The molecule has 2 heteroatoms. The zero-order chi connectivity index (χ0) is 12.5. The van der Waals surface area contributed by atoms with Crippen LogP contribution in [0.2, 0.25) is 0 Å². The van der Waals surface area contributed by atoms with Gasteiger partial charge in [0, 0.05) is 14.1 Å². The Morgan fingerprint density at radius 2 is 1.82 bits per heavy atom. The maximum absolute atomic E-state index is 8.82. The minimum atomic E-state index is 0.634. The second kappa shape index (κ2) is 7.08. The van der Waals surface area contributed by atoms with Gasteiger partial charge < -0.3 is 4.90 Å². The summed E-state index contributed by atoms with van der Waals surface area (Å²) in [5, 5.41) is 8.82. The van der Waals surface area contributed by atoms with E-state index in [-0.39, 0.29) is 0 Å². The van der Waals surface area contributed by atoms with Gasteiger partial charge in [0.15, 0.2) is 0 Å². The Bertz CT molecular complexity index is 459. The summed E-state index contributed by atoms with van der Waals surface area (Å²) in [6.07, 6.45) is 9.53. The largest absolute Gasteiger partial charge is 0.369 e. The highest BCUT2D eigenvalue weighted by molar-refractivity contribution is 5.50. The number of rotatable bonds is 4. The third-order valence-electron chi connectivity index (χ3n) is 2.16. The molecule has 0 N–H and O–H groups in total. The van der Waals surface area contributed by atoms with Crippen LogP contribution < -0.4 is 0 Å². The number of nitrogens with zero attached hydrogens (tertiary/aromatic N) is 2. The van der Waals surface area contributed by atoms with E-state index in [1.54, 1.807) is 11.0 Å². The number of benzene rings is 1. The van der Waals surface area contributed by atoms with Crippen LogP contribution in [0.3, 0.4) is 0 Å². The van der Waals surface area contributed by atoms with Crippen LogP contribution in [0.5, 0.6) is 0 Å². The Labute approximate surface area is 103 Å². The lowest BCUT2D eigenvalue weighted by atomic mass is 10.2. The van der Waals surface area contributed by atoms with E-state index in [9.17, 15) is 0 Å². The Morgan fingerprint density at radius 1 is 1.12 bits per heavy atom. The van der Waals surface area contributed by atoms with E-state index < -0.39 is 0 Å². The molecule has 0 amide bonds. The molecule has 0 aromatic heterocycles. The van der Waals surface area contributed by atoms with Crippen LogP contribution in [-0.2, 0) is 0 Å². The first-order valence-electron chi connectivity index (χ1n) is 5.41. The van der Waals surface area contributed by atoms with E-state index in [0.717, 1.165) is 5.56 Å². The lowest BCUT2D eigenvalue weighted by Crippen LogP contribution is -2.08. The molecule has 0 unspecified atom stereocenters. The van der Waals surface area contributed by atoms with Crippen molar-refractivity contribution >= 4 is 6.08 Å². The molecular weight excluding hydrogens is 208 g/mol. The van der Waals surface area contributed by atoms with Gasteiger partial charge in [-0.05, 0) is 11.6 Å². The second-order valence-electron chi connectivity index (χ2n) is 3.71. The van der Waals surface area contributed by atoms with E-state index in [4.69, 9.17) is 5.26 Å². The van der Waals surface area contributed by atoms with Crippen molar-refractivity contribution in [3.05, 3.63) is 65.9 Å². The summed E-state index contributed by atoms with van der Waals surface area (Å²) in [7, 11) is 3.70. The summed E-state index contributed by atoms with van der Waals surface area (Å²) in [4.78, 5) is 1.78. The molecule has 2 nitrogen and oxygen atoms in total. The molecular formula is C15H16N2. The van der Waals surface area contributed by atoms with Gasteiger partial charge in [-0.25, -0.2) is 0 Å². The molecule has 0 aliphatic carbocycles. The first kappa shape index (κ1) is 12.8. The highest BCUT2D eigenvalue weighted by Crippen LogP contribution is 2.01. The van der Waals surface area contributed by atoms with Gasteiger partial charge in [0.2, 0.25) is 0 Å². The SMILES string of the molecule is CN(C)/C(C#N)=C/C=C/C=C/c1ccccc1. The highest BCUT2D eigenvalue weighted by atomic mass is 15.1. The van der Waals surface area contributed by atoms with Crippen LogP contribution in [-0.4, -0.2) is 19.0 Å². The van der Waals surface area contributed by atoms with Gasteiger partial charge in [0.1, 0.15) is 11.8 Å². The van der Waals surface area contributed by atoms with Crippen molar-refractivity contribution in [1.29, 1.82) is 5.26 Å². The topological polar surface area (TPSA) is 27.0 Å². The van der Waals surface area contributed by atoms with E-state index in [0.29, 0.717) is 5.70 Å². The molecule has 86 valence electrons. The zero-order valence-electron chi connectivity index (χ0n) is 10.2. The number of nitriles is 1. The van der Waals surface area contributed by atoms with Crippen molar-refractivity contribution in [2.45, 2.75) is 0 Å². The molecule has 0 spiro atoms. The molecule has 0 saturated carbocycles. The summed E-state index contributed by atoms with van der Waals surface area (Å²) in [5.74, 6) is 0. The van der Waals surface area contributed by atoms with Crippen molar-refractivity contribution in [1.82, 2.24) is 4.90 Å². The van der Waals surface area contributed by atoms with Crippen LogP contribution in [0.25, 0.3) is 6.08 Å². The standard InChI is InChI=1S/C15H16N2/c1-17(2)15(13-16)12-8-4-7-11-14-9-5-3-6-10-14/h3-12H,1-2H3/b8-4+,11-7+,15-12+. The minimum absolute atomic E-state index is 0.634. The number of allylic oxidation sites excluding steroid dienone is 5. The molecule has 0 radical (unpaired) electrons. The minimum Gasteiger partial charge on any atom is -0.369 e. The first-order chi connectivity index (χ1) is 8.24. The predicted molar refractivity (Wildman–Crippen MR) is 72.0 cm³/mol. The summed E-state index contributed by atoms with van der Waals surface area (Å²) in [6, 6.07) is 12.2. The molecule has 1 aromatic rings. The van der Waals surface area contributed by atoms with Gasteiger partial charge in [0.05, 0.1) is 0 Å². The molecule has 1 rings (SSSR count). The third-order valence-corrected chi connectivity index (χ3v) is 2.16. The van der Waals surface area contributed by atoms with E-state index in [2.05, 4.69) is 6.07 Å². The average Bonchev–Trinajstić information content (AvgIpc) is 2.34. The third kappa shape index (κ3) is 4.85. The Hall–Kier alpha value is -2.27. The van der Waals surface area contributed by atoms with Crippen molar-refractivity contribution in [3.8, 4) is 6.07 Å². The summed E-state index contributed by atoms with van der Waals surface area (Å²) >= 11 is 0. The molecule has 0 heterocycles. The van der Waals surface area contributed by atoms with Crippen molar-refractivity contribution in [3.63, 3.8) is 0 Å².